The Hall–Kier alpha value is -2.15. The number of primary amides is 1. The van der Waals surface area contributed by atoms with Gasteiger partial charge in [0.2, 0.25) is 0 Å². The number of aromatic nitrogens is 1. The van der Waals surface area contributed by atoms with E-state index in [1.54, 1.807) is 11.9 Å². The van der Waals surface area contributed by atoms with Gasteiger partial charge in [0.1, 0.15) is 11.9 Å². The number of hydrogen-bond acceptors (Lipinski definition) is 5. The molecule has 1 aliphatic heterocycles. The van der Waals surface area contributed by atoms with Crippen LogP contribution in [0.15, 0.2) is 6.07 Å². The molecule has 1 aliphatic carbocycles. The van der Waals surface area contributed by atoms with Crippen LogP contribution in [0.2, 0.25) is 0 Å². The summed E-state index contributed by atoms with van der Waals surface area (Å²) >= 11 is 0. The van der Waals surface area contributed by atoms with Gasteiger partial charge in [-0.25, -0.2) is 4.98 Å². The van der Waals surface area contributed by atoms with Crippen molar-refractivity contribution in [1.82, 2.24) is 9.88 Å². The van der Waals surface area contributed by atoms with Crippen LogP contribution in [-0.4, -0.2) is 59.6 Å². The SMILES string of the molecule is CN1CCN(c2nc3c(cc2C(N)=O)CCC3)C[C@@H]1C(=O)O. The van der Waals surface area contributed by atoms with Gasteiger partial charge in [0.25, 0.3) is 5.91 Å². The first kappa shape index (κ1) is 14.8. The summed E-state index contributed by atoms with van der Waals surface area (Å²) < 4.78 is 0. The van der Waals surface area contributed by atoms with Gasteiger partial charge in [0.15, 0.2) is 0 Å². The van der Waals surface area contributed by atoms with Crippen molar-refractivity contribution in [2.45, 2.75) is 25.3 Å². The lowest BCUT2D eigenvalue weighted by atomic mass is 10.1. The van der Waals surface area contributed by atoms with Gasteiger partial charge in [-0.15, -0.1) is 0 Å². The second-order valence-corrected chi connectivity index (χ2v) is 5.96. The minimum Gasteiger partial charge on any atom is -0.480 e. The fraction of sp³-hybridized carbons (Fsp3) is 0.533. The number of amides is 1. The number of pyridine rings is 1. The van der Waals surface area contributed by atoms with E-state index in [0.29, 0.717) is 31.0 Å². The van der Waals surface area contributed by atoms with E-state index in [1.807, 2.05) is 11.0 Å². The van der Waals surface area contributed by atoms with Gasteiger partial charge in [-0.1, -0.05) is 0 Å². The van der Waals surface area contributed by atoms with E-state index in [9.17, 15) is 14.7 Å². The second kappa shape index (κ2) is 5.57. The average molecular weight is 304 g/mol. The van der Waals surface area contributed by atoms with Crippen LogP contribution >= 0.6 is 0 Å². The van der Waals surface area contributed by atoms with Crippen molar-refractivity contribution >= 4 is 17.7 Å². The van der Waals surface area contributed by atoms with Gasteiger partial charge < -0.3 is 15.7 Å². The zero-order chi connectivity index (χ0) is 15.9. The van der Waals surface area contributed by atoms with Crippen molar-refractivity contribution < 1.29 is 14.7 Å². The van der Waals surface area contributed by atoms with E-state index >= 15 is 0 Å². The number of likely N-dealkylation sites (N-methyl/N-ethyl adjacent to an activating group) is 1. The molecule has 2 aliphatic rings. The number of carbonyl (C=O) groups is 2. The highest BCUT2D eigenvalue weighted by Gasteiger charge is 2.32. The number of rotatable bonds is 3. The summed E-state index contributed by atoms with van der Waals surface area (Å²) in [6.07, 6.45) is 2.85. The van der Waals surface area contributed by atoms with E-state index in [0.717, 1.165) is 30.5 Å². The Morgan fingerprint density at radius 2 is 2.14 bits per heavy atom. The zero-order valence-corrected chi connectivity index (χ0v) is 12.6. The Balaban J connectivity index is 1.97. The third-order valence-electron chi connectivity index (χ3n) is 4.53. The Labute approximate surface area is 128 Å². The highest BCUT2D eigenvalue weighted by molar-refractivity contribution is 5.98. The van der Waals surface area contributed by atoms with Crippen molar-refractivity contribution in [2.75, 3.05) is 31.6 Å². The number of hydrogen-bond donors (Lipinski definition) is 2. The maximum Gasteiger partial charge on any atom is 0.322 e. The van der Waals surface area contributed by atoms with E-state index in [1.165, 1.54) is 0 Å². The van der Waals surface area contributed by atoms with Gasteiger partial charge in [0, 0.05) is 25.3 Å². The fourth-order valence-electron chi connectivity index (χ4n) is 3.22. The second-order valence-electron chi connectivity index (χ2n) is 5.96. The van der Waals surface area contributed by atoms with E-state index in [4.69, 9.17) is 5.73 Å². The number of piperazine rings is 1. The number of nitrogens with two attached hydrogens (primary N) is 1. The quantitative estimate of drug-likeness (QED) is 0.807. The van der Waals surface area contributed by atoms with Crippen LogP contribution in [0.5, 0.6) is 0 Å². The number of carboxylic acid groups (broad SMARTS) is 1. The molecule has 0 spiro atoms. The summed E-state index contributed by atoms with van der Waals surface area (Å²) in [5, 5.41) is 9.33. The first-order valence-electron chi connectivity index (χ1n) is 7.48. The minimum absolute atomic E-state index is 0.303. The Kier molecular flexibility index (Phi) is 3.74. The van der Waals surface area contributed by atoms with Crippen LogP contribution in [0, 0.1) is 0 Å². The molecule has 1 amide bonds. The van der Waals surface area contributed by atoms with Crippen molar-refractivity contribution in [3.05, 3.63) is 22.9 Å². The molecule has 1 aromatic heterocycles. The zero-order valence-electron chi connectivity index (χ0n) is 12.6. The molecular weight excluding hydrogens is 284 g/mol. The number of carboxylic acids is 1. The van der Waals surface area contributed by atoms with Crippen LogP contribution in [0.1, 0.15) is 28.0 Å². The molecule has 22 heavy (non-hydrogen) atoms. The molecule has 118 valence electrons. The van der Waals surface area contributed by atoms with Crippen molar-refractivity contribution in [3.63, 3.8) is 0 Å². The average Bonchev–Trinajstić information content (AvgIpc) is 2.93. The lowest BCUT2D eigenvalue weighted by Crippen LogP contribution is -2.55. The monoisotopic (exact) mass is 304 g/mol. The molecule has 0 aromatic carbocycles. The van der Waals surface area contributed by atoms with E-state index in [-0.39, 0.29) is 0 Å². The van der Waals surface area contributed by atoms with Gasteiger partial charge in [-0.2, -0.15) is 0 Å². The smallest absolute Gasteiger partial charge is 0.322 e. The maximum atomic E-state index is 11.8. The van der Waals surface area contributed by atoms with Crippen molar-refractivity contribution in [3.8, 4) is 0 Å². The molecule has 7 heteroatoms. The molecule has 0 radical (unpaired) electrons. The third-order valence-corrected chi connectivity index (χ3v) is 4.53. The normalized spacial score (nSPS) is 21.7. The standard InChI is InChI=1S/C15H20N4O3/c1-18-5-6-19(8-12(18)15(21)22)14-10(13(16)20)7-9-3-2-4-11(9)17-14/h7,12H,2-6,8H2,1H3,(H2,16,20)(H,21,22)/t12-/m1/s1. The van der Waals surface area contributed by atoms with Crippen molar-refractivity contribution in [2.24, 2.45) is 5.73 Å². The third kappa shape index (κ3) is 2.52. The van der Waals surface area contributed by atoms with Crippen LogP contribution in [0.4, 0.5) is 5.82 Å². The molecule has 0 bridgehead atoms. The number of aryl methyl sites for hydroxylation is 2. The lowest BCUT2D eigenvalue weighted by molar-refractivity contribution is -0.142. The summed E-state index contributed by atoms with van der Waals surface area (Å²) in [4.78, 5) is 31.4. The Bertz CT molecular complexity index is 631. The van der Waals surface area contributed by atoms with Gasteiger partial charge >= 0.3 is 5.97 Å². The molecule has 7 nitrogen and oxygen atoms in total. The molecule has 3 N–H and O–H groups in total. The Morgan fingerprint density at radius 1 is 1.36 bits per heavy atom. The summed E-state index contributed by atoms with van der Waals surface area (Å²) in [5.41, 5.74) is 7.99. The molecule has 0 saturated carbocycles. The first-order chi connectivity index (χ1) is 10.5. The first-order valence-corrected chi connectivity index (χ1v) is 7.48. The highest BCUT2D eigenvalue weighted by atomic mass is 16.4. The molecule has 1 saturated heterocycles. The van der Waals surface area contributed by atoms with Crippen LogP contribution in [0.3, 0.4) is 0 Å². The van der Waals surface area contributed by atoms with Gasteiger partial charge in [-0.05, 0) is 37.9 Å². The number of anilines is 1. The number of carbonyl (C=O) groups excluding carboxylic acids is 1. The minimum atomic E-state index is -0.867. The van der Waals surface area contributed by atoms with Crippen LogP contribution in [-0.2, 0) is 17.6 Å². The topological polar surface area (TPSA) is 99.8 Å². The lowest BCUT2D eigenvalue weighted by Gasteiger charge is -2.38. The van der Waals surface area contributed by atoms with E-state index in [2.05, 4.69) is 4.98 Å². The van der Waals surface area contributed by atoms with Gasteiger partial charge in [0.05, 0.1) is 5.56 Å². The summed E-state index contributed by atoms with van der Waals surface area (Å²) in [5.74, 6) is -0.843. The molecule has 1 aromatic rings. The van der Waals surface area contributed by atoms with E-state index < -0.39 is 17.9 Å². The molecule has 3 rings (SSSR count). The molecular formula is C15H20N4O3. The van der Waals surface area contributed by atoms with Gasteiger partial charge in [-0.3, -0.25) is 14.5 Å². The molecule has 1 atom stereocenters. The Morgan fingerprint density at radius 3 is 2.82 bits per heavy atom. The summed E-state index contributed by atoms with van der Waals surface area (Å²) in [6.45, 7) is 1.54. The summed E-state index contributed by atoms with van der Waals surface area (Å²) in [6, 6.07) is 1.23. The molecule has 0 unspecified atom stereocenters. The largest absolute Gasteiger partial charge is 0.480 e. The maximum absolute atomic E-state index is 11.8. The number of aliphatic carboxylic acids is 1. The van der Waals surface area contributed by atoms with Crippen LogP contribution in [0.25, 0.3) is 0 Å². The number of nitrogens with zero attached hydrogens (tertiary/aromatic N) is 3. The van der Waals surface area contributed by atoms with Crippen LogP contribution < -0.4 is 10.6 Å². The predicted molar refractivity (Wildman–Crippen MR) is 81.0 cm³/mol. The number of fused-ring (bicyclic) bond motifs is 1. The molecule has 2 heterocycles. The molecule has 1 fully saturated rings. The highest BCUT2D eigenvalue weighted by Crippen LogP contribution is 2.28. The predicted octanol–water partition coefficient (Wildman–Crippen LogP) is -0.126. The fourth-order valence-corrected chi connectivity index (χ4v) is 3.22. The summed E-state index contributed by atoms with van der Waals surface area (Å²) in [7, 11) is 1.79. The van der Waals surface area contributed by atoms with Crippen molar-refractivity contribution in [1.29, 1.82) is 0 Å².